The lowest BCUT2D eigenvalue weighted by Gasteiger charge is -2.20. The molecule has 2 heterocycles. The first-order valence-electron chi connectivity index (χ1n) is 13.7. The van der Waals surface area contributed by atoms with Crippen molar-refractivity contribution in [3.63, 3.8) is 0 Å². The van der Waals surface area contributed by atoms with Crippen LogP contribution in [0.4, 0.5) is 13.2 Å². The van der Waals surface area contributed by atoms with Crippen LogP contribution in [0, 0.1) is 0 Å². The molecule has 0 radical (unpaired) electrons. The van der Waals surface area contributed by atoms with Gasteiger partial charge in [0, 0.05) is 28.0 Å². The van der Waals surface area contributed by atoms with Gasteiger partial charge in [-0.3, -0.25) is 0 Å². The lowest BCUT2D eigenvalue weighted by Crippen LogP contribution is -2.18. The molecule has 7 nitrogen and oxygen atoms in total. The minimum absolute atomic E-state index is 0.0262. The first kappa shape index (κ1) is 29.8. The molecule has 0 aliphatic heterocycles. The van der Waals surface area contributed by atoms with Gasteiger partial charge in [0.05, 0.1) is 29.0 Å². The van der Waals surface area contributed by atoms with Crippen LogP contribution in [0.2, 0.25) is 5.02 Å². The van der Waals surface area contributed by atoms with E-state index in [9.17, 15) is 27.9 Å². The van der Waals surface area contributed by atoms with E-state index in [1.165, 1.54) is 30.3 Å². The smallest absolute Gasteiger partial charge is 0.507 e. The number of alkyl halides is 3. The fraction of sp³-hybridized carbons (Fsp3) is 0.118. The van der Waals surface area contributed by atoms with Gasteiger partial charge in [-0.1, -0.05) is 60.1 Å². The van der Waals surface area contributed by atoms with Crippen molar-refractivity contribution in [2.75, 3.05) is 6.61 Å². The van der Waals surface area contributed by atoms with E-state index in [0.29, 0.717) is 27.9 Å². The molecule has 4 aromatic carbocycles. The van der Waals surface area contributed by atoms with E-state index in [1.807, 2.05) is 24.3 Å². The number of H-pyrrole nitrogens is 1. The number of aromatic amines is 1. The summed E-state index contributed by atoms with van der Waals surface area (Å²) in [5, 5.41) is 12.7. The van der Waals surface area contributed by atoms with Gasteiger partial charge in [0.2, 0.25) is 0 Å². The maximum Gasteiger partial charge on any atom is 0.573 e. The van der Waals surface area contributed by atoms with E-state index >= 15 is 0 Å². The van der Waals surface area contributed by atoms with Crippen molar-refractivity contribution in [2.24, 2.45) is 0 Å². The minimum atomic E-state index is -4.90. The Balaban J connectivity index is 1.50. The molecule has 6 rings (SSSR count). The van der Waals surface area contributed by atoms with Gasteiger partial charge >= 0.3 is 18.0 Å². The van der Waals surface area contributed by atoms with Crippen molar-refractivity contribution < 1.29 is 37.0 Å². The van der Waals surface area contributed by atoms with Gasteiger partial charge < -0.3 is 24.0 Å². The number of fused-ring (bicyclic) bond motifs is 2. The molecule has 0 amide bonds. The Bertz CT molecular complexity index is 2070. The molecule has 6 aromatic rings. The fourth-order valence-corrected chi connectivity index (χ4v) is 5.58. The summed E-state index contributed by atoms with van der Waals surface area (Å²) in [6.45, 7) is -0.0262. The highest BCUT2D eigenvalue weighted by atomic mass is 35.5. The van der Waals surface area contributed by atoms with E-state index in [1.54, 1.807) is 30.3 Å². The molecule has 0 aliphatic carbocycles. The number of nitrogens with one attached hydrogen (secondary N) is 1. The number of halogens is 4. The summed E-state index contributed by atoms with van der Waals surface area (Å²) in [5.41, 5.74) is 1.61. The highest BCUT2D eigenvalue weighted by Gasteiger charge is 2.33. The molecule has 0 fully saturated rings. The molecule has 1 atom stereocenters. The molecule has 0 saturated carbocycles. The third-order valence-electron chi connectivity index (χ3n) is 7.34. The molecule has 11 heteroatoms. The number of rotatable bonds is 8. The van der Waals surface area contributed by atoms with Gasteiger partial charge in [0.15, 0.2) is 0 Å². The monoisotopic (exact) mass is 633 g/mol. The van der Waals surface area contributed by atoms with Gasteiger partial charge in [-0.25, -0.2) is 9.59 Å². The molecule has 0 spiro atoms. The highest BCUT2D eigenvalue weighted by Crippen LogP contribution is 2.42. The first-order valence-corrected chi connectivity index (χ1v) is 14.1. The first-order chi connectivity index (χ1) is 21.6. The molecular weight excluding hydrogens is 611 g/mol. The summed E-state index contributed by atoms with van der Waals surface area (Å²) < 4.78 is 53.9. The Morgan fingerprint density at radius 1 is 0.933 bits per heavy atom. The molecule has 2 N–H and O–H groups in total. The third kappa shape index (κ3) is 6.23. The lowest BCUT2D eigenvalue weighted by molar-refractivity contribution is -0.274. The SMILES string of the molecule is O=C(OCCc1c(C(c2ccc(OC(F)(F)F)cc2)c2c(O)c3cc(Cl)ccc3oc2=O)[nH]c2ccccc12)c1ccccc1. The third-order valence-corrected chi connectivity index (χ3v) is 7.58. The van der Waals surface area contributed by atoms with Crippen molar-refractivity contribution in [1.82, 2.24) is 4.98 Å². The zero-order valence-corrected chi connectivity index (χ0v) is 24.0. The average Bonchev–Trinajstić information content (AvgIpc) is 3.38. The van der Waals surface area contributed by atoms with Crippen LogP contribution in [0.25, 0.3) is 21.9 Å². The number of benzene rings is 4. The van der Waals surface area contributed by atoms with Crippen molar-refractivity contribution in [1.29, 1.82) is 0 Å². The highest BCUT2D eigenvalue weighted by molar-refractivity contribution is 6.31. The van der Waals surface area contributed by atoms with Crippen molar-refractivity contribution >= 4 is 39.4 Å². The summed E-state index contributed by atoms with van der Waals surface area (Å²) in [7, 11) is 0. The number of hydrogen-bond acceptors (Lipinski definition) is 6. The summed E-state index contributed by atoms with van der Waals surface area (Å²) in [4.78, 5) is 29.5. The predicted molar refractivity (Wildman–Crippen MR) is 162 cm³/mol. The molecule has 2 aromatic heterocycles. The second-order valence-corrected chi connectivity index (χ2v) is 10.6. The number of ether oxygens (including phenoxy) is 2. The predicted octanol–water partition coefficient (Wildman–Crippen LogP) is 8.11. The Kier molecular flexibility index (Phi) is 7.99. The molecular formula is C34H23ClF3NO6. The number of carbonyl (C=O) groups excluding carboxylic acids is 1. The minimum Gasteiger partial charge on any atom is -0.507 e. The van der Waals surface area contributed by atoms with E-state index in [-0.39, 0.29) is 34.6 Å². The summed E-state index contributed by atoms with van der Waals surface area (Å²) in [6.07, 6.45) is -4.70. The molecule has 228 valence electrons. The van der Waals surface area contributed by atoms with Crippen LogP contribution in [0.3, 0.4) is 0 Å². The summed E-state index contributed by atoms with van der Waals surface area (Å²) >= 11 is 6.19. The quantitative estimate of drug-likeness (QED) is 0.130. The van der Waals surface area contributed by atoms with Crippen LogP contribution in [0.1, 0.15) is 38.7 Å². The van der Waals surface area contributed by atoms with Crippen LogP contribution in [0.15, 0.2) is 106 Å². The van der Waals surface area contributed by atoms with Crippen molar-refractivity contribution in [2.45, 2.75) is 18.7 Å². The summed E-state index contributed by atoms with van der Waals surface area (Å²) in [5.74, 6) is -2.43. The molecule has 0 saturated heterocycles. The number of carbonyl (C=O) groups is 1. The van der Waals surface area contributed by atoms with E-state index < -0.39 is 35.4 Å². The Hall–Kier alpha value is -5.22. The Morgan fingerprint density at radius 2 is 1.64 bits per heavy atom. The zero-order valence-electron chi connectivity index (χ0n) is 23.2. The number of aromatic nitrogens is 1. The second-order valence-electron chi connectivity index (χ2n) is 10.2. The maximum atomic E-state index is 13.6. The van der Waals surface area contributed by atoms with Gasteiger partial charge in [-0.2, -0.15) is 0 Å². The van der Waals surface area contributed by atoms with E-state index in [0.717, 1.165) is 17.5 Å². The molecule has 0 aliphatic rings. The Morgan fingerprint density at radius 3 is 2.38 bits per heavy atom. The number of aromatic hydroxyl groups is 1. The standard InChI is InChI=1S/C34H23ClF3NO6/c35-21-12-15-27-25(18-21)31(40)29(33(42)44-27)28(19-10-13-22(14-11-19)45-34(36,37)38)30-24(23-8-4-5-9-26(23)39-30)16-17-43-32(41)20-6-2-1-3-7-20/h1-15,18,28,39-40H,16-17H2. The summed E-state index contributed by atoms with van der Waals surface area (Å²) in [6, 6.07) is 25.2. The number of hydrogen-bond donors (Lipinski definition) is 2. The van der Waals surface area contributed by atoms with E-state index in [2.05, 4.69) is 9.72 Å². The number of esters is 1. The largest absolute Gasteiger partial charge is 0.573 e. The van der Waals surface area contributed by atoms with Crippen LogP contribution in [0.5, 0.6) is 11.5 Å². The number of para-hydroxylation sites is 1. The van der Waals surface area contributed by atoms with Crippen LogP contribution < -0.4 is 10.4 Å². The maximum absolute atomic E-state index is 13.6. The molecule has 1 unspecified atom stereocenters. The second kappa shape index (κ2) is 12.0. The fourth-order valence-electron chi connectivity index (χ4n) is 5.41. The normalized spacial score (nSPS) is 12.4. The topological polar surface area (TPSA) is 102 Å². The zero-order chi connectivity index (χ0) is 31.7. The van der Waals surface area contributed by atoms with Crippen molar-refractivity contribution in [3.8, 4) is 11.5 Å². The molecule has 45 heavy (non-hydrogen) atoms. The Labute approximate surface area is 258 Å². The van der Waals surface area contributed by atoms with Gasteiger partial charge in [0.25, 0.3) is 0 Å². The van der Waals surface area contributed by atoms with E-state index in [4.69, 9.17) is 20.8 Å². The van der Waals surface area contributed by atoms with Gasteiger partial charge in [0.1, 0.15) is 17.1 Å². The van der Waals surface area contributed by atoms with Gasteiger partial charge in [-0.15, -0.1) is 13.2 Å². The van der Waals surface area contributed by atoms with Crippen LogP contribution in [-0.2, 0) is 11.2 Å². The van der Waals surface area contributed by atoms with Crippen molar-refractivity contribution in [3.05, 3.63) is 140 Å². The van der Waals surface area contributed by atoms with Crippen LogP contribution >= 0.6 is 11.6 Å². The molecule has 0 bridgehead atoms. The van der Waals surface area contributed by atoms with Crippen LogP contribution in [-0.4, -0.2) is 29.0 Å². The lowest BCUT2D eigenvalue weighted by atomic mass is 9.85. The van der Waals surface area contributed by atoms with Gasteiger partial charge in [-0.05, 0) is 59.7 Å². The average molecular weight is 634 g/mol.